The van der Waals surface area contributed by atoms with Gasteiger partial charge in [-0.15, -0.1) is 11.3 Å². The molecule has 1 amide bonds. The molecule has 1 aromatic rings. The molecule has 1 aliphatic rings. The molecule has 2 rings (SSSR count). The molecule has 1 fully saturated rings. The Balaban J connectivity index is 1.94. The number of nitrogens with one attached hydrogen (secondary N) is 1. The van der Waals surface area contributed by atoms with E-state index in [2.05, 4.69) is 12.2 Å². The number of thiophene rings is 1. The van der Waals surface area contributed by atoms with Gasteiger partial charge < -0.3 is 10.4 Å². The van der Waals surface area contributed by atoms with E-state index in [0.29, 0.717) is 11.3 Å². The molecule has 0 spiro atoms. The zero-order chi connectivity index (χ0) is 17.6. The van der Waals surface area contributed by atoms with Gasteiger partial charge in [0.05, 0.1) is 10.3 Å². The number of unbranched alkanes of at least 4 members (excludes halogenated alkanes) is 3. The predicted molar refractivity (Wildman–Crippen MR) is 97.6 cm³/mol. The molecule has 0 aromatic carbocycles. The number of hydrogen-bond donors (Lipinski definition) is 2. The molecule has 1 aliphatic carbocycles. The predicted octanol–water partition coefficient (Wildman–Crippen LogP) is 4.63. The quantitative estimate of drug-likeness (QED) is 0.671. The molecular formula is C19H29NO3S. The number of aryl methyl sites for hydroxylation is 1. The van der Waals surface area contributed by atoms with Gasteiger partial charge in [0.15, 0.2) is 0 Å². The summed E-state index contributed by atoms with van der Waals surface area (Å²) in [6.07, 6.45) is 9.15. The van der Waals surface area contributed by atoms with Crippen LogP contribution in [0.4, 0.5) is 0 Å². The van der Waals surface area contributed by atoms with Crippen LogP contribution in [0.1, 0.15) is 79.8 Å². The number of carbonyl (C=O) groups is 2. The Morgan fingerprint density at radius 3 is 2.79 bits per heavy atom. The molecule has 134 valence electrons. The van der Waals surface area contributed by atoms with Crippen molar-refractivity contribution in [1.29, 1.82) is 0 Å². The monoisotopic (exact) mass is 351 g/mol. The van der Waals surface area contributed by atoms with Gasteiger partial charge in [0, 0.05) is 10.9 Å². The Labute approximate surface area is 148 Å². The maximum absolute atomic E-state index is 12.5. The van der Waals surface area contributed by atoms with Crippen molar-refractivity contribution in [2.75, 3.05) is 0 Å². The highest BCUT2D eigenvalue weighted by atomic mass is 32.1. The smallest absolute Gasteiger partial charge is 0.311 e. The first kappa shape index (κ1) is 19.0. The maximum Gasteiger partial charge on any atom is 0.311 e. The van der Waals surface area contributed by atoms with E-state index in [1.807, 2.05) is 12.1 Å². The molecule has 24 heavy (non-hydrogen) atoms. The lowest BCUT2D eigenvalue weighted by molar-refractivity contribution is -0.151. The summed E-state index contributed by atoms with van der Waals surface area (Å²) < 4.78 is 0. The largest absolute Gasteiger partial charge is 0.481 e. The second kappa shape index (κ2) is 8.65. The third-order valence-electron chi connectivity index (χ3n) is 5.16. The van der Waals surface area contributed by atoms with Crippen LogP contribution in [0.2, 0.25) is 0 Å². The summed E-state index contributed by atoms with van der Waals surface area (Å²) in [7, 11) is 0. The zero-order valence-corrected chi connectivity index (χ0v) is 15.6. The van der Waals surface area contributed by atoms with Gasteiger partial charge in [-0.05, 0) is 44.7 Å². The summed E-state index contributed by atoms with van der Waals surface area (Å²) in [5, 5.41) is 12.5. The first-order chi connectivity index (χ1) is 11.5. The zero-order valence-electron chi connectivity index (χ0n) is 14.8. The van der Waals surface area contributed by atoms with Crippen molar-refractivity contribution in [2.45, 2.75) is 77.7 Å². The Morgan fingerprint density at radius 1 is 1.29 bits per heavy atom. The number of rotatable bonds is 8. The Bertz CT molecular complexity index is 569. The Kier molecular flexibility index (Phi) is 6.84. The number of hydrogen-bond acceptors (Lipinski definition) is 3. The molecule has 2 unspecified atom stereocenters. The molecule has 2 N–H and O–H groups in total. The van der Waals surface area contributed by atoms with Gasteiger partial charge in [-0.25, -0.2) is 0 Å². The number of carboxylic acid groups (broad SMARTS) is 1. The SMILES string of the molecule is CCCCCCc1ccc(C(=O)NC2CCCCC2(C)C(=O)O)s1. The van der Waals surface area contributed by atoms with E-state index in [1.54, 1.807) is 6.92 Å². The van der Waals surface area contributed by atoms with Gasteiger partial charge in [0.2, 0.25) is 0 Å². The summed E-state index contributed by atoms with van der Waals surface area (Å²) in [6, 6.07) is 3.62. The van der Waals surface area contributed by atoms with E-state index in [4.69, 9.17) is 0 Å². The summed E-state index contributed by atoms with van der Waals surface area (Å²) in [6.45, 7) is 3.96. The van der Waals surface area contributed by atoms with E-state index in [9.17, 15) is 14.7 Å². The molecule has 0 radical (unpaired) electrons. The highest BCUT2D eigenvalue weighted by Crippen LogP contribution is 2.36. The summed E-state index contributed by atoms with van der Waals surface area (Å²) in [5.41, 5.74) is -0.853. The van der Waals surface area contributed by atoms with Crippen molar-refractivity contribution in [3.05, 3.63) is 21.9 Å². The second-order valence-corrected chi connectivity index (χ2v) is 8.24. The average Bonchev–Trinajstić information content (AvgIpc) is 3.02. The minimum atomic E-state index is -0.853. The van der Waals surface area contributed by atoms with Gasteiger partial charge in [0.1, 0.15) is 0 Å². The van der Waals surface area contributed by atoms with Crippen LogP contribution in [0.25, 0.3) is 0 Å². The van der Waals surface area contributed by atoms with Crippen molar-refractivity contribution in [3.63, 3.8) is 0 Å². The Morgan fingerprint density at radius 2 is 2.08 bits per heavy atom. The highest BCUT2D eigenvalue weighted by molar-refractivity contribution is 7.14. The normalized spacial score (nSPS) is 23.8. The molecule has 0 bridgehead atoms. The molecule has 2 atom stereocenters. The summed E-state index contributed by atoms with van der Waals surface area (Å²) in [4.78, 5) is 26.1. The summed E-state index contributed by atoms with van der Waals surface area (Å²) in [5.74, 6) is -0.936. The fraction of sp³-hybridized carbons (Fsp3) is 0.684. The second-order valence-electron chi connectivity index (χ2n) is 7.07. The highest BCUT2D eigenvalue weighted by Gasteiger charge is 2.43. The van der Waals surface area contributed by atoms with Crippen LogP contribution in [0.5, 0.6) is 0 Å². The molecule has 5 heteroatoms. The third-order valence-corrected chi connectivity index (χ3v) is 6.31. The number of carboxylic acids is 1. The lowest BCUT2D eigenvalue weighted by Crippen LogP contribution is -2.52. The number of carbonyl (C=O) groups excluding carboxylic acids is 1. The standard InChI is InChI=1S/C19H29NO3S/c1-3-4-5-6-9-14-11-12-15(24-14)17(21)20-16-10-7-8-13-19(16,2)18(22)23/h11-12,16H,3-10,13H2,1-2H3,(H,20,21)(H,22,23). The van der Waals surface area contributed by atoms with Crippen molar-refractivity contribution in [1.82, 2.24) is 5.32 Å². The van der Waals surface area contributed by atoms with Crippen molar-refractivity contribution in [3.8, 4) is 0 Å². The van der Waals surface area contributed by atoms with Crippen LogP contribution in [0.15, 0.2) is 12.1 Å². The number of amides is 1. The fourth-order valence-corrected chi connectivity index (χ4v) is 4.36. The lowest BCUT2D eigenvalue weighted by Gasteiger charge is -2.38. The minimum absolute atomic E-state index is 0.126. The van der Waals surface area contributed by atoms with Gasteiger partial charge in [-0.3, -0.25) is 9.59 Å². The van der Waals surface area contributed by atoms with Crippen LogP contribution in [0.3, 0.4) is 0 Å². The Hall–Kier alpha value is -1.36. The third kappa shape index (κ3) is 4.59. The van der Waals surface area contributed by atoms with E-state index in [-0.39, 0.29) is 11.9 Å². The molecule has 1 aromatic heterocycles. The molecule has 1 saturated carbocycles. The average molecular weight is 352 g/mol. The van der Waals surface area contributed by atoms with Crippen LogP contribution >= 0.6 is 11.3 Å². The first-order valence-electron chi connectivity index (χ1n) is 9.10. The number of aliphatic carboxylic acids is 1. The molecule has 1 heterocycles. The van der Waals surface area contributed by atoms with Crippen LogP contribution in [-0.2, 0) is 11.2 Å². The van der Waals surface area contributed by atoms with Crippen molar-refractivity contribution in [2.24, 2.45) is 5.41 Å². The van der Waals surface area contributed by atoms with Crippen LogP contribution < -0.4 is 5.32 Å². The van der Waals surface area contributed by atoms with Crippen LogP contribution in [-0.4, -0.2) is 23.0 Å². The van der Waals surface area contributed by atoms with Gasteiger partial charge in [-0.1, -0.05) is 39.0 Å². The molecule has 0 aliphatic heterocycles. The van der Waals surface area contributed by atoms with Gasteiger partial charge in [-0.2, -0.15) is 0 Å². The molecule has 0 saturated heterocycles. The van der Waals surface area contributed by atoms with Crippen LogP contribution in [0, 0.1) is 5.41 Å². The topological polar surface area (TPSA) is 66.4 Å². The van der Waals surface area contributed by atoms with Crippen molar-refractivity contribution < 1.29 is 14.7 Å². The lowest BCUT2D eigenvalue weighted by atomic mass is 9.71. The summed E-state index contributed by atoms with van der Waals surface area (Å²) >= 11 is 1.54. The van der Waals surface area contributed by atoms with E-state index in [1.165, 1.54) is 35.5 Å². The maximum atomic E-state index is 12.5. The van der Waals surface area contributed by atoms with Crippen molar-refractivity contribution >= 4 is 23.2 Å². The molecule has 4 nitrogen and oxygen atoms in total. The van der Waals surface area contributed by atoms with Gasteiger partial charge >= 0.3 is 5.97 Å². The first-order valence-corrected chi connectivity index (χ1v) is 9.92. The van der Waals surface area contributed by atoms with E-state index < -0.39 is 11.4 Å². The van der Waals surface area contributed by atoms with E-state index in [0.717, 1.165) is 32.1 Å². The fourth-order valence-electron chi connectivity index (χ4n) is 3.41. The van der Waals surface area contributed by atoms with Gasteiger partial charge in [0.25, 0.3) is 5.91 Å². The van der Waals surface area contributed by atoms with E-state index >= 15 is 0 Å². The molecular weight excluding hydrogens is 322 g/mol. The minimum Gasteiger partial charge on any atom is -0.481 e.